The fraction of sp³-hybridized carbons (Fsp3) is 0.500. The van der Waals surface area contributed by atoms with Crippen LogP contribution in [0.4, 0.5) is 13.2 Å². The molecular weight excluding hydrogens is 269 g/mol. The molecule has 0 aromatic heterocycles. The molecule has 1 atom stereocenters. The highest BCUT2D eigenvalue weighted by atomic mass is 19.4. The second kappa shape index (κ2) is 6.26. The Hall–Kier alpha value is -1.56. The summed E-state index contributed by atoms with van der Waals surface area (Å²) in [5.41, 5.74) is -0.756. The average Bonchev–Trinajstić information content (AvgIpc) is 2.45. The van der Waals surface area contributed by atoms with Crippen molar-refractivity contribution in [1.82, 2.24) is 10.6 Å². The number of carbonyl (C=O) groups is 1. The number of amides is 1. The van der Waals surface area contributed by atoms with E-state index in [0.29, 0.717) is 12.5 Å². The van der Waals surface area contributed by atoms with Crippen molar-refractivity contribution in [3.63, 3.8) is 0 Å². The Morgan fingerprint density at radius 1 is 1.40 bits per heavy atom. The van der Waals surface area contributed by atoms with Crippen molar-refractivity contribution < 1.29 is 18.0 Å². The van der Waals surface area contributed by atoms with E-state index in [4.69, 9.17) is 0 Å². The monoisotopic (exact) mass is 286 g/mol. The molecule has 0 bridgehead atoms. The van der Waals surface area contributed by atoms with Gasteiger partial charge >= 0.3 is 6.18 Å². The second-order valence-corrected chi connectivity index (χ2v) is 5.00. The third kappa shape index (κ3) is 3.96. The highest BCUT2D eigenvalue weighted by Gasteiger charge is 2.30. The van der Waals surface area contributed by atoms with E-state index in [9.17, 15) is 18.0 Å². The normalized spacial score (nSPS) is 19.6. The minimum Gasteiger partial charge on any atom is -0.352 e. The van der Waals surface area contributed by atoms with Crippen molar-refractivity contribution in [2.24, 2.45) is 5.92 Å². The van der Waals surface area contributed by atoms with Crippen LogP contribution in [0, 0.1) is 5.92 Å². The van der Waals surface area contributed by atoms with Crippen LogP contribution in [-0.4, -0.2) is 25.5 Å². The van der Waals surface area contributed by atoms with Crippen LogP contribution in [0.1, 0.15) is 28.8 Å². The minimum absolute atomic E-state index is 0.0450. The Bertz CT molecular complexity index is 468. The molecule has 1 aliphatic heterocycles. The van der Waals surface area contributed by atoms with Crippen LogP contribution in [0.2, 0.25) is 0 Å². The van der Waals surface area contributed by atoms with Crippen LogP contribution < -0.4 is 10.6 Å². The topological polar surface area (TPSA) is 41.1 Å². The molecule has 0 radical (unpaired) electrons. The van der Waals surface area contributed by atoms with Crippen LogP contribution in [0.25, 0.3) is 0 Å². The summed E-state index contributed by atoms with van der Waals surface area (Å²) in [6.07, 6.45) is -2.34. The van der Waals surface area contributed by atoms with Crippen LogP contribution in [0.3, 0.4) is 0 Å². The zero-order valence-electron chi connectivity index (χ0n) is 11.0. The van der Waals surface area contributed by atoms with Gasteiger partial charge in [-0.1, -0.05) is 6.07 Å². The molecule has 1 aromatic carbocycles. The number of benzene rings is 1. The molecule has 3 nitrogen and oxygen atoms in total. The van der Waals surface area contributed by atoms with Crippen LogP contribution in [0.15, 0.2) is 24.3 Å². The van der Waals surface area contributed by atoms with Gasteiger partial charge in [0.1, 0.15) is 0 Å². The van der Waals surface area contributed by atoms with Crippen molar-refractivity contribution >= 4 is 5.91 Å². The maximum absolute atomic E-state index is 12.6. The number of piperidine rings is 1. The summed E-state index contributed by atoms with van der Waals surface area (Å²) >= 11 is 0. The summed E-state index contributed by atoms with van der Waals surface area (Å²) in [4.78, 5) is 11.9. The fourth-order valence-corrected chi connectivity index (χ4v) is 2.27. The lowest BCUT2D eigenvalue weighted by atomic mass is 9.99. The van der Waals surface area contributed by atoms with Crippen LogP contribution in [0.5, 0.6) is 0 Å². The van der Waals surface area contributed by atoms with Gasteiger partial charge in [-0.3, -0.25) is 4.79 Å². The van der Waals surface area contributed by atoms with Crippen molar-refractivity contribution in [2.75, 3.05) is 19.6 Å². The summed E-state index contributed by atoms with van der Waals surface area (Å²) in [5, 5.41) is 5.93. The van der Waals surface area contributed by atoms with Gasteiger partial charge in [0.15, 0.2) is 0 Å². The van der Waals surface area contributed by atoms with E-state index in [1.165, 1.54) is 12.1 Å². The molecule has 1 heterocycles. The zero-order chi connectivity index (χ0) is 14.6. The molecule has 1 saturated heterocycles. The Morgan fingerprint density at radius 3 is 2.85 bits per heavy atom. The number of halogens is 3. The third-order valence-corrected chi connectivity index (χ3v) is 3.40. The average molecular weight is 286 g/mol. The van der Waals surface area contributed by atoms with E-state index in [1.54, 1.807) is 0 Å². The van der Waals surface area contributed by atoms with Crippen molar-refractivity contribution in [2.45, 2.75) is 19.0 Å². The summed E-state index contributed by atoms with van der Waals surface area (Å²) < 4.78 is 37.7. The summed E-state index contributed by atoms with van der Waals surface area (Å²) in [6, 6.07) is 4.49. The Kier molecular flexibility index (Phi) is 4.65. The molecule has 0 saturated carbocycles. The van der Waals surface area contributed by atoms with E-state index < -0.39 is 17.6 Å². The van der Waals surface area contributed by atoms with Gasteiger partial charge in [0.25, 0.3) is 5.91 Å². The molecule has 0 spiro atoms. The number of hydrogen-bond acceptors (Lipinski definition) is 2. The van der Waals surface area contributed by atoms with Crippen molar-refractivity contribution in [3.05, 3.63) is 35.4 Å². The number of carbonyl (C=O) groups excluding carboxylic acids is 1. The molecule has 1 unspecified atom stereocenters. The first-order valence-corrected chi connectivity index (χ1v) is 6.63. The summed E-state index contributed by atoms with van der Waals surface area (Å²) in [6.45, 7) is 2.31. The maximum Gasteiger partial charge on any atom is 0.416 e. The smallest absolute Gasteiger partial charge is 0.352 e. The Morgan fingerprint density at radius 2 is 2.20 bits per heavy atom. The third-order valence-electron chi connectivity index (χ3n) is 3.40. The molecule has 1 aliphatic rings. The molecule has 110 valence electrons. The largest absolute Gasteiger partial charge is 0.416 e. The Balaban J connectivity index is 1.95. The molecule has 2 N–H and O–H groups in total. The van der Waals surface area contributed by atoms with Gasteiger partial charge in [0, 0.05) is 12.1 Å². The summed E-state index contributed by atoms with van der Waals surface area (Å²) in [7, 11) is 0. The zero-order valence-corrected chi connectivity index (χ0v) is 11.0. The first kappa shape index (κ1) is 14.8. The molecule has 6 heteroatoms. The molecule has 0 aliphatic carbocycles. The van der Waals surface area contributed by atoms with Crippen LogP contribution in [-0.2, 0) is 6.18 Å². The molecule has 1 fully saturated rings. The minimum atomic E-state index is -4.43. The quantitative estimate of drug-likeness (QED) is 0.896. The van der Waals surface area contributed by atoms with E-state index in [0.717, 1.165) is 38.1 Å². The lowest BCUT2D eigenvalue weighted by molar-refractivity contribution is -0.137. The van der Waals surface area contributed by atoms with E-state index >= 15 is 0 Å². The van der Waals surface area contributed by atoms with E-state index in [2.05, 4.69) is 10.6 Å². The highest BCUT2D eigenvalue weighted by Crippen LogP contribution is 2.29. The van der Waals surface area contributed by atoms with Gasteiger partial charge in [-0.15, -0.1) is 0 Å². The number of alkyl halides is 3. The lowest BCUT2D eigenvalue weighted by Crippen LogP contribution is -2.38. The van der Waals surface area contributed by atoms with Gasteiger partial charge in [-0.2, -0.15) is 13.2 Å². The highest BCUT2D eigenvalue weighted by molar-refractivity contribution is 5.94. The number of rotatable bonds is 3. The van der Waals surface area contributed by atoms with Gasteiger partial charge in [-0.25, -0.2) is 0 Å². The first-order valence-electron chi connectivity index (χ1n) is 6.63. The van der Waals surface area contributed by atoms with Gasteiger partial charge < -0.3 is 10.6 Å². The molecule has 2 rings (SSSR count). The van der Waals surface area contributed by atoms with Crippen molar-refractivity contribution in [1.29, 1.82) is 0 Å². The molecule has 1 amide bonds. The lowest BCUT2D eigenvalue weighted by Gasteiger charge is -2.22. The first-order chi connectivity index (χ1) is 9.47. The SMILES string of the molecule is O=C(NCC1CCCNC1)c1cccc(C(F)(F)F)c1. The Labute approximate surface area is 115 Å². The van der Waals surface area contributed by atoms with Gasteiger partial charge in [0.2, 0.25) is 0 Å². The van der Waals surface area contributed by atoms with Gasteiger partial charge in [-0.05, 0) is 50.0 Å². The van der Waals surface area contributed by atoms with Crippen LogP contribution >= 0.6 is 0 Å². The molecule has 20 heavy (non-hydrogen) atoms. The molecular formula is C14H17F3N2O. The van der Waals surface area contributed by atoms with E-state index in [-0.39, 0.29) is 5.56 Å². The predicted octanol–water partition coefficient (Wildman–Crippen LogP) is 2.43. The number of nitrogens with one attached hydrogen (secondary N) is 2. The molecule has 1 aromatic rings. The second-order valence-electron chi connectivity index (χ2n) is 5.00. The predicted molar refractivity (Wildman–Crippen MR) is 69.4 cm³/mol. The standard InChI is InChI=1S/C14H17F3N2O/c15-14(16,17)12-5-1-4-11(7-12)13(20)19-9-10-3-2-6-18-8-10/h1,4-5,7,10,18H,2-3,6,8-9H2,(H,19,20). The van der Waals surface area contributed by atoms with Gasteiger partial charge in [0.05, 0.1) is 5.56 Å². The maximum atomic E-state index is 12.6. The fourth-order valence-electron chi connectivity index (χ4n) is 2.27. The summed E-state index contributed by atoms with van der Waals surface area (Å²) in [5.74, 6) is -0.111. The van der Waals surface area contributed by atoms with E-state index in [1.807, 2.05) is 0 Å². The number of hydrogen-bond donors (Lipinski definition) is 2. The van der Waals surface area contributed by atoms with Crippen molar-refractivity contribution in [3.8, 4) is 0 Å².